The Morgan fingerprint density at radius 2 is 2.35 bits per heavy atom. The van der Waals surface area contributed by atoms with Crippen molar-refractivity contribution in [3.05, 3.63) is 35.4 Å². The van der Waals surface area contributed by atoms with E-state index in [1.807, 2.05) is 18.2 Å². The molecule has 4 heteroatoms. The first-order chi connectivity index (χ1) is 9.72. The molecule has 0 spiro atoms. The minimum absolute atomic E-state index is 0.165. The van der Waals surface area contributed by atoms with Crippen molar-refractivity contribution in [3.8, 4) is 5.75 Å². The minimum Gasteiger partial charge on any atom is -0.493 e. The van der Waals surface area contributed by atoms with Crippen molar-refractivity contribution in [3.63, 3.8) is 0 Å². The number of fused-ring (bicyclic) bond motifs is 1. The summed E-state index contributed by atoms with van der Waals surface area (Å²) < 4.78 is 5.44. The Kier molecular flexibility index (Phi) is 3.74. The molecule has 3 rings (SSSR count). The number of benzene rings is 1. The molecule has 1 aliphatic carbocycles. The molecular weight excluding hydrogens is 254 g/mol. The first kappa shape index (κ1) is 13.2. The maximum absolute atomic E-state index is 11.7. The van der Waals surface area contributed by atoms with E-state index in [-0.39, 0.29) is 5.91 Å². The van der Waals surface area contributed by atoms with Gasteiger partial charge in [0.15, 0.2) is 0 Å². The van der Waals surface area contributed by atoms with Crippen LogP contribution in [0, 0.1) is 5.92 Å². The molecule has 106 valence electrons. The van der Waals surface area contributed by atoms with Crippen LogP contribution < -0.4 is 10.1 Å². The van der Waals surface area contributed by atoms with Crippen molar-refractivity contribution in [2.24, 2.45) is 5.92 Å². The van der Waals surface area contributed by atoms with Gasteiger partial charge in [0, 0.05) is 19.0 Å². The fourth-order valence-corrected chi connectivity index (χ4v) is 2.39. The van der Waals surface area contributed by atoms with Crippen LogP contribution in [-0.4, -0.2) is 30.3 Å². The third kappa shape index (κ3) is 3.20. The number of hydrogen-bond acceptors (Lipinski definition) is 3. The van der Waals surface area contributed by atoms with Crippen molar-refractivity contribution < 1.29 is 14.6 Å². The molecular formula is C16H19NO3. The second-order valence-electron chi connectivity index (χ2n) is 5.45. The van der Waals surface area contributed by atoms with Crippen LogP contribution in [0.4, 0.5) is 0 Å². The van der Waals surface area contributed by atoms with Gasteiger partial charge in [0.1, 0.15) is 5.75 Å². The zero-order valence-corrected chi connectivity index (χ0v) is 11.3. The largest absolute Gasteiger partial charge is 0.493 e. The molecule has 2 aliphatic rings. The summed E-state index contributed by atoms with van der Waals surface area (Å²) >= 11 is 0. The average molecular weight is 273 g/mol. The van der Waals surface area contributed by atoms with E-state index in [2.05, 4.69) is 5.32 Å². The van der Waals surface area contributed by atoms with Crippen molar-refractivity contribution >= 4 is 12.0 Å². The van der Waals surface area contributed by atoms with E-state index in [1.54, 1.807) is 6.08 Å². The van der Waals surface area contributed by atoms with Gasteiger partial charge >= 0.3 is 0 Å². The normalized spacial score (nSPS) is 18.6. The van der Waals surface area contributed by atoms with Gasteiger partial charge in [-0.05, 0) is 48.1 Å². The van der Waals surface area contributed by atoms with Crippen LogP contribution in [0.5, 0.6) is 5.75 Å². The molecule has 1 unspecified atom stereocenters. The summed E-state index contributed by atoms with van der Waals surface area (Å²) in [5.41, 5.74) is 2.18. The molecule has 1 fully saturated rings. The van der Waals surface area contributed by atoms with Crippen molar-refractivity contribution in [1.29, 1.82) is 0 Å². The number of aliphatic hydroxyl groups excluding tert-OH is 1. The molecule has 1 amide bonds. The molecule has 1 aliphatic heterocycles. The Hall–Kier alpha value is -1.81. The Bertz CT molecular complexity index is 535. The van der Waals surface area contributed by atoms with Crippen LogP contribution in [0.1, 0.15) is 24.0 Å². The number of nitrogens with one attached hydrogen (secondary N) is 1. The Morgan fingerprint density at radius 1 is 1.50 bits per heavy atom. The number of carbonyl (C=O) groups excluding carboxylic acids is 1. The lowest BCUT2D eigenvalue weighted by atomic mass is 10.1. The number of aliphatic hydroxyl groups is 1. The Labute approximate surface area is 118 Å². The van der Waals surface area contributed by atoms with Crippen LogP contribution in [0.25, 0.3) is 6.08 Å². The summed E-state index contributed by atoms with van der Waals surface area (Å²) in [6, 6.07) is 5.93. The molecule has 1 atom stereocenters. The molecule has 2 N–H and O–H groups in total. The smallest absolute Gasteiger partial charge is 0.244 e. The van der Waals surface area contributed by atoms with Crippen LogP contribution in [-0.2, 0) is 11.2 Å². The zero-order chi connectivity index (χ0) is 13.9. The van der Waals surface area contributed by atoms with Gasteiger partial charge in [-0.25, -0.2) is 0 Å². The van der Waals surface area contributed by atoms with Crippen LogP contribution >= 0.6 is 0 Å². The fraction of sp³-hybridized carbons (Fsp3) is 0.438. The van der Waals surface area contributed by atoms with Gasteiger partial charge in [-0.1, -0.05) is 6.07 Å². The lowest BCUT2D eigenvalue weighted by Crippen LogP contribution is -2.31. The highest BCUT2D eigenvalue weighted by molar-refractivity contribution is 5.91. The number of ether oxygens (including phenoxy) is 1. The van der Waals surface area contributed by atoms with Crippen LogP contribution in [0.3, 0.4) is 0 Å². The van der Waals surface area contributed by atoms with Gasteiger partial charge in [0.25, 0.3) is 0 Å². The maximum Gasteiger partial charge on any atom is 0.244 e. The summed E-state index contributed by atoms with van der Waals surface area (Å²) in [6.07, 6.45) is 5.98. The second-order valence-corrected chi connectivity index (χ2v) is 5.45. The fourth-order valence-electron chi connectivity index (χ4n) is 2.39. The van der Waals surface area contributed by atoms with E-state index in [9.17, 15) is 9.90 Å². The molecule has 0 aromatic heterocycles. The highest BCUT2D eigenvalue weighted by Crippen LogP contribution is 2.32. The molecule has 0 saturated heterocycles. The third-order valence-corrected chi connectivity index (χ3v) is 3.79. The summed E-state index contributed by atoms with van der Waals surface area (Å²) in [6.45, 7) is 1.08. The number of rotatable bonds is 5. The Morgan fingerprint density at radius 3 is 3.15 bits per heavy atom. The zero-order valence-electron chi connectivity index (χ0n) is 11.3. The Balaban J connectivity index is 1.52. The highest BCUT2D eigenvalue weighted by atomic mass is 16.5. The summed E-state index contributed by atoms with van der Waals surface area (Å²) in [7, 11) is 0. The lowest BCUT2D eigenvalue weighted by molar-refractivity contribution is -0.116. The summed E-state index contributed by atoms with van der Waals surface area (Å²) in [5.74, 6) is 1.16. The van der Waals surface area contributed by atoms with Gasteiger partial charge in [0.2, 0.25) is 5.91 Å². The van der Waals surface area contributed by atoms with Gasteiger partial charge in [-0.3, -0.25) is 4.79 Å². The first-order valence-electron chi connectivity index (χ1n) is 7.12. The predicted molar refractivity (Wildman–Crippen MR) is 76.4 cm³/mol. The van der Waals surface area contributed by atoms with Gasteiger partial charge < -0.3 is 15.2 Å². The van der Waals surface area contributed by atoms with Gasteiger partial charge in [0.05, 0.1) is 12.7 Å². The second kappa shape index (κ2) is 5.67. The van der Waals surface area contributed by atoms with Crippen molar-refractivity contribution in [1.82, 2.24) is 5.32 Å². The quantitative estimate of drug-likeness (QED) is 0.800. The summed E-state index contributed by atoms with van der Waals surface area (Å²) in [5, 5.41) is 12.4. The monoisotopic (exact) mass is 273 g/mol. The molecule has 1 saturated carbocycles. The van der Waals surface area contributed by atoms with E-state index in [0.717, 1.165) is 37.2 Å². The highest BCUT2D eigenvalue weighted by Gasteiger charge is 2.29. The first-order valence-corrected chi connectivity index (χ1v) is 7.12. The van der Waals surface area contributed by atoms with E-state index in [0.29, 0.717) is 12.5 Å². The van der Waals surface area contributed by atoms with Crippen LogP contribution in [0.2, 0.25) is 0 Å². The topological polar surface area (TPSA) is 58.6 Å². The maximum atomic E-state index is 11.7. The molecule has 1 aromatic carbocycles. The molecule has 4 nitrogen and oxygen atoms in total. The van der Waals surface area contributed by atoms with Gasteiger partial charge in [-0.2, -0.15) is 0 Å². The number of amides is 1. The lowest BCUT2D eigenvalue weighted by Gasteiger charge is -2.08. The van der Waals surface area contributed by atoms with Crippen LogP contribution in [0.15, 0.2) is 24.3 Å². The number of hydrogen-bond donors (Lipinski definition) is 2. The van der Waals surface area contributed by atoms with Crippen molar-refractivity contribution in [2.75, 3.05) is 13.2 Å². The summed E-state index contributed by atoms with van der Waals surface area (Å²) in [4.78, 5) is 11.7. The molecule has 20 heavy (non-hydrogen) atoms. The van der Waals surface area contributed by atoms with E-state index in [1.165, 1.54) is 11.6 Å². The predicted octanol–water partition coefficient (Wildman–Crippen LogP) is 1.52. The van der Waals surface area contributed by atoms with Gasteiger partial charge in [-0.15, -0.1) is 0 Å². The SMILES string of the molecule is O=C(C=Cc1ccc2c(c1)CCO2)NCC(O)C1CC1. The molecule has 1 aromatic rings. The van der Waals surface area contributed by atoms with E-state index >= 15 is 0 Å². The third-order valence-electron chi connectivity index (χ3n) is 3.79. The standard InChI is InChI=1S/C16H19NO3/c18-14(12-3-4-12)10-17-16(19)6-2-11-1-5-15-13(9-11)7-8-20-15/h1-2,5-6,9,12,14,18H,3-4,7-8,10H2,(H,17,19). The van der Waals surface area contributed by atoms with E-state index in [4.69, 9.17) is 4.74 Å². The molecule has 0 bridgehead atoms. The van der Waals surface area contributed by atoms with E-state index < -0.39 is 6.10 Å². The minimum atomic E-state index is -0.399. The molecule has 0 radical (unpaired) electrons. The van der Waals surface area contributed by atoms with Crippen molar-refractivity contribution in [2.45, 2.75) is 25.4 Å². The number of carbonyl (C=O) groups is 1. The average Bonchev–Trinajstić information content (AvgIpc) is 3.20. The molecule has 1 heterocycles.